The molecule has 0 fully saturated rings. The van der Waals surface area contributed by atoms with E-state index in [0.29, 0.717) is 32.4 Å². The maximum absolute atomic E-state index is 12.0. The van der Waals surface area contributed by atoms with Gasteiger partial charge in [0.1, 0.15) is 11.2 Å². The molecule has 0 bridgehead atoms. The Morgan fingerprint density at radius 3 is 1.61 bits per heavy atom. The van der Waals surface area contributed by atoms with Gasteiger partial charge in [0.05, 0.1) is 11.5 Å². The third-order valence-electron chi connectivity index (χ3n) is 4.75. The third-order valence-corrected chi connectivity index (χ3v) is 6.07. The van der Waals surface area contributed by atoms with Crippen molar-refractivity contribution in [1.29, 1.82) is 0 Å². The zero-order valence-corrected chi connectivity index (χ0v) is 25.4. The molecule has 0 spiro atoms. The number of nitrogens with zero attached hydrogens (tertiary/aromatic N) is 2. The lowest BCUT2D eigenvalue weighted by molar-refractivity contribution is 0.0284. The average molecular weight is 561 g/mol. The Bertz CT molecular complexity index is 935. The number of aliphatic hydroxyl groups is 1. The van der Waals surface area contributed by atoms with E-state index in [1.807, 2.05) is 48.5 Å². The van der Waals surface area contributed by atoms with Gasteiger partial charge in [0.2, 0.25) is 0 Å². The Balaban J connectivity index is 0.000000835. The maximum atomic E-state index is 12.0. The van der Waals surface area contributed by atoms with Crippen molar-refractivity contribution in [1.82, 2.24) is 9.80 Å². The van der Waals surface area contributed by atoms with E-state index >= 15 is 0 Å². The molecule has 0 atom stereocenters. The lowest BCUT2D eigenvalue weighted by Gasteiger charge is -2.24. The molecule has 0 saturated carbocycles. The molecule has 1 rings (SSSR count). The van der Waals surface area contributed by atoms with Gasteiger partial charge in [0.15, 0.2) is 0 Å². The van der Waals surface area contributed by atoms with Gasteiger partial charge in [-0.2, -0.15) is 8.42 Å². The van der Waals surface area contributed by atoms with Crippen LogP contribution >= 0.6 is 0 Å². The molecule has 0 heterocycles. The van der Waals surface area contributed by atoms with Gasteiger partial charge in [-0.15, -0.1) is 0 Å². The number of aliphatic hydroxyl groups excluding tert-OH is 1. The number of amides is 2. The number of hydrogen-bond acceptors (Lipinski definition) is 8. The van der Waals surface area contributed by atoms with Crippen LogP contribution in [0.2, 0.25) is 0 Å². The highest BCUT2D eigenvalue weighted by Gasteiger charge is 2.20. The smallest absolute Gasteiger partial charge is 0.410 e. The number of rotatable bonds is 11. The topological polar surface area (TPSA) is 123 Å². The predicted octanol–water partition coefficient (Wildman–Crippen LogP) is 4.97. The predicted molar refractivity (Wildman–Crippen MR) is 148 cm³/mol. The van der Waals surface area contributed by atoms with Crippen molar-refractivity contribution in [3.63, 3.8) is 0 Å². The molecule has 10 nitrogen and oxygen atoms in total. The second-order valence-corrected chi connectivity index (χ2v) is 12.6. The van der Waals surface area contributed by atoms with E-state index in [-0.39, 0.29) is 24.2 Å². The van der Waals surface area contributed by atoms with Gasteiger partial charge >= 0.3 is 12.2 Å². The van der Waals surface area contributed by atoms with Crippen LogP contribution in [0.25, 0.3) is 0 Å². The molecule has 1 N–H and O–H groups in total. The quantitative estimate of drug-likeness (QED) is 0.297. The molecule has 0 unspecified atom stereocenters. The fourth-order valence-electron chi connectivity index (χ4n) is 2.72. The van der Waals surface area contributed by atoms with Gasteiger partial charge in [-0.3, -0.25) is 4.18 Å². The number of aryl methyl sites for hydroxylation is 1. The van der Waals surface area contributed by atoms with E-state index in [4.69, 9.17) is 18.8 Å². The summed E-state index contributed by atoms with van der Waals surface area (Å²) in [7, 11) is -0.373. The lowest BCUT2D eigenvalue weighted by atomic mass is 10.2. The number of ether oxygens (including phenoxy) is 2. The van der Waals surface area contributed by atoms with Gasteiger partial charge in [-0.1, -0.05) is 17.7 Å². The van der Waals surface area contributed by atoms with Crippen LogP contribution in [0.1, 0.15) is 72.8 Å². The van der Waals surface area contributed by atoms with Gasteiger partial charge < -0.3 is 24.4 Å². The Morgan fingerprint density at radius 1 is 0.789 bits per heavy atom. The summed E-state index contributed by atoms with van der Waals surface area (Å²) >= 11 is 0. The molecule has 2 amide bonds. The summed E-state index contributed by atoms with van der Waals surface area (Å²) in [6.07, 6.45) is 1.96. The first-order valence-corrected chi connectivity index (χ1v) is 14.2. The van der Waals surface area contributed by atoms with Gasteiger partial charge in [-0.05, 0) is 86.3 Å². The molecule has 1 aromatic rings. The molecular weight excluding hydrogens is 512 g/mol. The monoisotopic (exact) mass is 560 g/mol. The fraction of sp³-hybridized carbons (Fsp3) is 0.704. The molecule has 38 heavy (non-hydrogen) atoms. The standard InChI is InChI=1S/C17H27NO5S.C10H21NO3/c1-14-8-10-15(11-9-14)24(20,21)22-13-7-6-12-18(5)16(19)23-17(2,3)4;1-10(2,3)14-9(13)11(4)7-5-6-8-12/h8-11H,6-7,12-13H2,1-5H3;12H,5-8H2,1-4H3. The number of carbonyl (C=O) groups is 2. The van der Waals surface area contributed by atoms with Crippen LogP contribution < -0.4 is 0 Å². The Morgan fingerprint density at radius 2 is 1.21 bits per heavy atom. The maximum Gasteiger partial charge on any atom is 0.410 e. The molecule has 0 aliphatic rings. The van der Waals surface area contributed by atoms with E-state index in [2.05, 4.69) is 0 Å². The molecule has 0 saturated heterocycles. The summed E-state index contributed by atoms with van der Waals surface area (Å²) in [6.45, 7) is 14.2. The molecular formula is C27H48N2O8S. The molecule has 0 aliphatic heterocycles. The van der Waals surface area contributed by atoms with Crippen LogP contribution in [0.3, 0.4) is 0 Å². The number of benzene rings is 1. The average Bonchev–Trinajstić information content (AvgIpc) is 2.77. The molecule has 0 aromatic heterocycles. The molecule has 1 aromatic carbocycles. The van der Waals surface area contributed by atoms with Crippen molar-refractivity contribution in [2.45, 2.75) is 90.2 Å². The summed E-state index contributed by atoms with van der Waals surface area (Å²) < 4.78 is 39.4. The Hall–Kier alpha value is -2.37. The minimum Gasteiger partial charge on any atom is -0.444 e. The van der Waals surface area contributed by atoms with E-state index in [9.17, 15) is 18.0 Å². The van der Waals surface area contributed by atoms with E-state index in [1.165, 1.54) is 21.9 Å². The van der Waals surface area contributed by atoms with Gasteiger partial charge in [0.25, 0.3) is 10.1 Å². The zero-order chi connectivity index (χ0) is 29.6. The second-order valence-electron chi connectivity index (χ2n) is 11.0. The summed E-state index contributed by atoms with van der Waals surface area (Å²) in [6, 6.07) is 6.51. The minimum atomic E-state index is -3.72. The molecule has 11 heteroatoms. The number of carbonyl (C=O) groups excluding carboxylic acids is 2. The first-order valence-electron chi connectivity index (χ1n) is 12.8. The fourth-order valence-corrected chi connectivity index (χ4v) is 3.66. The van der Waals surface area contributed by atoms with Gasteiger partial charge in [-0.25, -0.2) is 9.59 Å². The minimum absolute atomic E-state index is 0.0817. The van der Waals surface area contributed by atoms with Crippen LogP contribution in [-0.4, -0.2) is 87.1 Å². The van der Waals surface area contributed by atoms with Crippen molar-refractivity contribution in [3.8, 4) is 0 Å². The van der Waals surface area contributed by atoms with Crippen molar-refractivity contribution >= 4 is 22.3 Å². The summed E-state index contributed by atoms with van der Waals surface area (Å²) in [5.41, 5.74) is 0.0120. The third kappa shape index (κ3) is 17.2. The SMILES string of the molecule is CN(CCCCO)C(=O)OC(C)(C)C.Cc1ccc(S(=O)(=O)OCCCCN(C)C(=O)OC(C)(C)C)cc1. The first-order chi connectivity index (χ1) is 17.4. The second kappa shape index (κ2) is 16.6. The van der Waals surface area contributed by atoms with Crippen LogP contribution in [0, 0.1) is 6.92 Å². The van der Waals surface area contributed by atoms with Crippen molar-refractivity contribution in [3.05, 3.63) is 29.8 Å². The van der Waals surface area contributed by atoms with Crippen molar-refractivity contribution < 1.29 is 36.8 Å². The number of unbranched alkanes of at least 4 members (excludes halogenated alkanes) is 2. The molecule has 0 radical (unpaired) electrons. The van der Waals surface area contributed by atoms with E-state index < -0.39 is 27.4 Å². The lowest BCUT2D eigenvalue weighted by Crippen LogP contribution is -2.34. The van der Waals surface area contributed by atoms with E-state index in [1.54, 1.807) is 26.2 Å². The highest BCUT2D eigenvalue weighted by Crippen LogP contribution is 2.14. The largest absolute Gasteiger partial charge is 0.444 e. The van der Waals surface area contributed by atoms with E-state index in [0.717, 1.165) is 12.0 Å². The first kappa shape index (κ1) is 35.6. The summed E-state index contributed by atoms with van der Waals surface area (Å²) in [5, 5.41) is 8.57. The normalized spacial score (nSPS) is 11.7. The number of hydrogen-bond donors (Lipinski definition) is 1. The molecule has 0 aliphatic carbocycles. The summed E-state index contributed by atoms with van der Waals surface area (Å²) in [4.78, 5) is 26.3. The van der Waals surface area contributed by atoms with Crippen LogP contribution in [0.5, 0.6) is 0 Å². The summed E-state index contributed by atoms with van der Waals surface area (Å²) in [5.74, 6) is 0. The van der Waals surface area contributed by atoms with Crippen molar-refractivity contribution in [2.75, 3.05) is 40.4 Å². The Kier molecular flexibility index (Phi) is 15.5. The van der Waals surface area contributed by atoms with Crippen LogP contribution in [0.15, 0.2) is 29.2 Å². The van der Waals surface area contributed by atoms with Gasteiger partial charge in [0, 0.05) is 33.8 Å². The Labute approximate surface area is 229 Å². The van der Waals surface area contributed by atoms with Crippen LogP contribution in [-0.2, 0) is 23.8 Å². The highest BCUT2D eigenvalue weighted by molar-refractivity contribution is 7.86. The van der Waals surface area contributed by atoms with Crippen LogP contribution in [0.4, 0.5) is 9.59 Å². The molecule has 220 valence electrons. The zero-order valence-electron chi connectivity index (χ0n) is 24.6. The highest BCUT2D eigenvalue weighted by atomic mass is 32.2. The van der Waals surface area contributed by atoms with Crippen molar-refractivity contribution in [2.24, 2.45) is 0 Å².